The predicted octanol–water partition coefficient (Wildman–Crippen LogP) is 8.66. The van der Waals surface area contributed by atoms with E-state index < -0.39 is 41.3 Å². The van der Waals surface area contributed by atoms with Gasteiger partial charge in [0.1, 0.15) is 6.04 Å². The molecule has 2 fully saturated rings. The third-order valence-corrected chi connectivity index (χ3v) is 12.1. The van der Waals surface area contributed by atoms with Crippen molar-refractivity contribution in [3.05, 3.63) is 89.3 Å². The lowest BCUT2D eigenvalue weighted by atomic mass is 9.70. The van der Waals surface area contributed by atoms with E-state index in [-0.39, 0.29) is 30.6 Å². The Kier molecular flexibility index (Phi) is 11.9. The van der Waals surface area contributed by atoms with Crippen molar-refractivity contribution in [2.45, 2.75) is 103 Å². The smallest absolute Gasteiger partial charge is 0.397 e. The van der Waals surface area contributed by atoms with Gasteiger partial charge in [0, 0.05) is 48.6 Å². The molecule has 0 radical (unpaired) electrons. The maximum Gasteiger partial charge on any atom is 0.397 e. The third kappa shape index (κ3) is 8.87. The summed E-state index contributed by atoms with van der Waals surface area (Å²) in [7, 11) is 0. The summed E-state index contributed by atoms with van der Waals surface area (Å²) in [6, 6.07) is 11.5. The highest BCUT2D eigenvalue weighted by atomic mass is 19.4. The van der Waals surface area contributed by atoms with E-state index in [2.05, 4.69) is 28.3 Å². The minimum absolute atomic E-state index is 0.00706. The van der Waals surface area contributed by atoms with Crippen molar-refractivity contribution >= 4 is 23.4 Å². The number of carboxylic acid groups (broad SMARTS) is 1. The van der Waals surface area contributed by atoms with E-state index in [0.717, 1.165) is 61.1 Å². The molecule has 2 amide bonds. The minimum Gasteiger partial charge on any atom is -0.481 e. The van der Waals surface area contributed by atoms with Crippen LogP contribution in [0.1, 0.15) is 106 Å². The van der Waals surface area contributed by atoms with Crippen molar-refractivity contribution in [2.24, 2.45) is 23.7 Å². The van der Waals surface area contributed by atoms with E-state index in [1.807, 2.05) is 36.7 Å². The van der Waals surface area contributed by atoms with Gasteiger partial charge in [0.2, 0.25) is 5.91 Å². The fourth-order valence-electron chi connectivity index (χ4n) is 8.25. The van der Waals surface area contributed by atoms with Crippen LogP contribution in [-0.4, -0.2) is 63.1 Å². The molecular formula is C43H51F3N4O4. The van der Waals surface area contributed by atoms with E-state index in [1.165, 1.54) is 79.7 Å². The standard InChI is InChI=1S/C43H51F3N4O4/c1-4-5-27-6-10-29(11-7-27)30-14-16-31(17-15-30)34-23-47-38(48-24-34)32-12-8-28(9-13-32)22-37(40(52)50-25-35(26-50)41(53)54)49-39(51)33-18-20-36(21-19-33)42(2,3)43(44,45)46/h8-9,12-13,16,18-21,23-24,27,29-30,35,37H,4-7,10-11,14-15,17,22,25-26H2,1-3H3,(H,49,51)(H,53,54). The highest BCUT2D eigenvalue weighted by Crippen LogP contribution is 2.42. The maximum absolute atomic E-state index is 13.6. The quantitative estimate of drug-likeness (QED) is 0.192. The molecule has 3 aliphatic rings. The number of aromatic nitrogens is 2. The van der Waals surface area contributed by atoms with E-state index in [1.54, 1.807) is 0 Å². The van der Waals surface area contributed by atoms with Gasteiger partial charge >= 0.3 is 12.1 Å². The molecule has 1 aliphatic heterocycles. The lowest BCUT2D eigenvalue weighted by molar-refractivity contribution is -0.180. The van der Waals surface area contributed by atoms with Gasteiger partial charge in [-0.05, 0) is 92.5 Å². The van der Waals surface area contributed by atoms with Crippen molar-refractivity contribution in [2.75, 3.05) is 13.1 Å². The number of rotatable bonds is 12. The Morgan fingerprint density at radius 1 is 0.889 bits per heavy atom. The number of alkyl halides is 3. The number of nitrogens with zero attached hydrogens (tertiary/aromatic N) is 3. The van der Waals surface area contributed by atoms with Gasteiger partial charge in [-0.3, -0.25) is 14.4 Å². The van der Waals surface area contributed by atoms with Gasteiger partial charge in [0.15, 0.2) is 5.82 Å². The number of allylic oxidation sites excluding steroid dienone is 2. The van der Waals surface area contributed by atoms with Crippen molar-refractivity contribution in [1.82, 2.24) is 20.2 Å². The van der Waals surface area contributed by atoms with E-state index in [4.69, 9.17) is 0 Å². The summed E-state index contributed by atoms with van der Waals surface area (Å²) >= 11 is 0. The van der Waals surface area contributed by atoms with Crippen LogP contribution in [0.25, 0.3) is 17.0 Å². The summed E-state index contributed by atoms with van der Waals surface area (Å²) in [5.41, 5.74) is 1.89. The van der Waals surface area contributed by atoms with Crippen LogP contribution in [-0.2, 0) is 21.4 Å². The van der Waals surface area contributed by atoms with Crippen molar-refractivity contribution in [3.63, 3.8) is 0 Å². The van der Waals surface area contributed by atoms with Gasteiger partial charge in [0.05, 0.1) is 11.3 Å². The molecule has 1 saturated carbocycles. The van der Waals surface area contributed by atoms with E-state index >= 15 is 0 Å². The molecule has 54 heavy (non-hydrogen) atoms. The summed E-state index contributed by atoms with van der Waals surface area (Å²) in [5, 5.41) is 12.1. The monoisotopic (exact) mass is 744 g/mol. The molecule has 11 heteroatoms. The molecule has 1 aromatic heterocycles. The predicted molar refractivity (Wildman–Crippen MR) is 201 cm³/mol. The van der Waals surface area contributed by atoms with Crippen molar-refractivity contribution in [1.29, 1.82) is 0 Å². The zero-order valence-electron chi connectivity index (χ0n) is 31.4. The number of hydrogen-bond acceptors (Lipinski definition) is 5. The van der Waals surface area contributed by atoms with Crippen LogP contribution in [0.2, 0.25) is 0 Å². The summed E-state index contributed by atoms with van der Waals surface area (Å²) in [4.78, 5) is 48.9. The normalized spacial score (nSPS) is 21.5. The lowest BCUT2D eigenvalue weighted by Gasteiger charge is -2.39. The minimum atomic E-state index is -4.48. The molecular weight excluding hydrogens is 693 g/mol. The first kappa shape index (κ1) is 39.2. The van der Waals surface area contributed by atoms with Crippen LogP contribution in [0.5, 0.6) is 0 Å². The average Bonchev–Trinajstić information content (AvgIpc) is 3.14. The van der Waals surface area contributed by atoms with Crippen molar-refractivity contribution in [3.8, 4) is 11.4 Å². The van der Waals surface area contributed by atoms with Crippen LogP contribution in [0.4, 0.5) is 13.2 Å². The Labute approximate surface area is 315 Å². The number of nitrogens with one attached hydrogen (secondary N) is 1. The molecule has 2 unspecified atom stereocenters. The largest absolute Gasteiger partial charge is 0.481 e. The first-order valence-corrected chi connectivity index (χ1v) is 19.3. The number of halogens is 3. The first-order valence-electron chi connectivity index (χ1n) is 19.3. The fraction of sp³-hybridized carbons (Fsp3) is 0.512. The topological polar surface area (TPSA) is 112 Å². The Hall–Kier alpha value is -4.54. The number of aliphatic carboxylic acids is 1. The van der Waals surface area contributed by atoms with Gasteiger partial charge in [-0.2, -0.15) is 13.2 Å². The fourth-order valence-corrected chi connectivity index (χ4v) is 8.25. The van der Waals surface area contributed by atoms with E-state index in [9.17, 15) is 32.7 Å². The molecule has 2 N–H and O–H groups in total. The number of carbonyl (C=O) groups is 3. The molecule has 8 nitrogen and oxygen atoms in total. The number of carboxylic acids is 1. The van der Waals surface area contributed by atoms with Crippen LogP contribution in [0, 0.1) is 23.7 Å². The highest BCUT2D eigenvalue weighted by Gasteiger charge is 2.48. The number of hydrogen-bond donors (Lipinski definition) is 2. The lowest BCUT2D eigenvalue weighted by Crippen LogP contribution is -2.59. The summed E-state index contributed by atoms with van der Waals surface area (Å²) in [6.07, 6.45) is 13.4. The molecule has 2 heterocycles. The number of benzene rings is 2. The van der Waals surface area contributed by atoms with Crippen molar-refractivity contribution < 1.29 is 32.7 Å². The van der Waals surface area contributed by atoms with Crippen LogP contribution < -0.4 is 5.32 Å². The summed E-state index contributed by atoms with van der Waals surface area (Å²) in [6.45, 7) is 4.50. The Balaban J connectivity index is 1.09. The van der Waals surface area contributed by atoms with Gasteiger partial charge < -0.3 is 15.3 Å². The summed E-state index contributed by atoms with van der Waals surface area (Å²) in [5.74, 6) is 0.402. The van der Waals surface area contributed by atoms with Crippen LogP contribution in [0.3, 0.4) is 0 Å². The van der Waals surface area contributed by atoms with Gasteiger partial charge in [-0.1, -0.05) is 75.1 Å². The number of amides is 2. The second kappa shape index (κ2) is 16.4. The Bertz CT molecular complexity index is 1810. The number of likely N-dealkylation sites (tertiary alicyclic amines) is 1. The zero-order chi connectivity index (χ0) is 38.6. The Morgan fingerprint density at radius 2 is 1.54 bits per heavy atom. The van der Waals surface area contributed by atoms with Gasteiger partial charge in [0.25, 0.3) is 5.91 Å². The van der Waals surface area contributed by atoms with Crippen LogP contribution in [0.15, 0.2) is 67.0 Å². The molecule has 3 aromatic rings. The third-order valence-electron chi connectivity index (χ3n) is 12.1. The molecule has 2 atom stereocenters. The molecule has 1 saturated heterocycles. The van der Waals surface area contributed by atoms with Gasteiger partial charge in [-0.25, -0.2) is 9.97 Å². The molecule has 0 spiro atoms. The second-order valence-corrected chi connectivity index (χ2v) is 16.0. The van der Waals surface area contributed by atoms with E-state index in [0.29, 0.717) is 5.82 Å². The second-order valence-electron chi connectivity index (χ2n) is 16.0. The van der Waals surface area contributed by atoms with Crippen LogP contribution >= 0.6 is 0 Å². The molecule has 6 rings (SSSR count). The number of carbonyl (C=O) groups excluding carboxylic acids is 2. The average molecular weight is 745 g/mol. The summed E-state index contributed by atoms with van der Waals surface area (Å²) < 4.78 is 40.7. The maximum atomic E-state index is 13.6. The molecule has 288 valence electrons. The SMILES string of the molecule is CCCC1CCC(C2CC=C(c3cnc(-c4ccc(CC(NC(=O)c5ccc(C(C)(C)C(F)(F)F)cc5)C(=O)N5CC(C(=O)O)C5)cc4)nc3)CC2)CC1. The zero-order valence-corrected chi connectivity index (χ0v) is 31.4. The molecule has 2 aromatic carbocycles. The first-order chi connectivity index (χ1) is 25.7. The molecule has 2 aliphatic carbocycles. The Morgan fingerprint density at radius 3 is 2.09 bits per heavy atom. The highest BCUT2D eigenvalue weighted by molar-refractivity contribution is 5.98. The van der Waals surface area contributed by atoms with Gasteiger partial charge in [-0.15, -0.1) is 0 Å². The molecule has 0 bridgehead atoms.